The van der Waals surface area contributed by atoms with Crippen molar-refractivity contribution in [3.8, 4) is 0 Å². The number of methoxy groups -OCH3 is 1. The fourth-order valence-electron chi connectivity index (χ4n) is 1.73. The molecule has 1 aromatic carbocycles. The van der Waals surface area contributed by atoms with E-state index in [2.05, 4.69) is 10.6 Å². The number of hydrogen-bond donors (Lipinski definition) is 2. The van der Waals surface area contributed by atoms with Gasteiger partial charge in [0.15, 0.2) is 0 Å². The molecule has 7 nitrogen and oxygen atoms in total. The average Bonchev–Trinajstić information content (AvgIpc) is 2.45. The lowest BCUT2D eigenvalue weighted by Crippen LogP contribution is -2.30. The predicted octanol–water partition coefficient (Wildman–Crippen LogP) is 0.420. The van der Waals surface area contributed by atoms with Crippen LogP contribution in [0.25, 0.3) is 0 Å². The van der Waals surface area contributed by atoms with Gasteiger partial charge >= 0.3 is 0 Å². The number of anilines is 1. The molecule has 0 unspecified atom stereocenters. The number of amides is 1. The minimum Gasteiger partial charge on any atom is -0.383 e. The van der Waals surface area contributed by atoms with Gasteiger partial charge < -0.3 is 15.4 Å². The smallest absolute Gasteiger partial charge is 0.242 e. The summed E-state index contributed by atoms with van der Waals surface area (Å²) >= 11 is 0. The Balaban J connectivity index is 2.80. The monoisotopic (exact) mass is 329 g/mol. The Morgan fingerprint density at radius 2 is 2.00 bits per heavy atom. The van der Waals surface area contributed by atoms with Crippen molar-refractivity contribution in [1.29, 1.82) is 0 Å². The second kappa shape index (κ2) is 8.23. The summed E-state index contributed by atoms with van der Waals surface area (Å²) in [6, 6.07) is 4.82. The van der Waals surface area contributed by atoms with E-state index < -0.39 is 10.0 Å². The number of nitrogens with zero attached hydrogens (tertiary/aromatic N) is 1. The number of nitrogens with one attached hydrogen (secondary N) is 2. The van der Waals surface area contributed by atoms with E-state index >= 15 is 0 Å². The molecule has 0 radical (unpaired) electrons. The second-order valence-electron chi connectivity index (χ2n) is 4.99. The first-order chi connectivity index (χ1) is 10.3. The summed E-state index contributed by atoms with van der Waals surface area (Å²) in [5.74, 6) is -0.242. The average molecular weight is 329 g/mol. The van der Waals surface area contributed by atoms with Crippen molar-refractivity contribution < 1.29 is 17.9 Å². The number of rotatable bonds is 8. The number of sulfonamides is 1. The first-order valence-corrected chi connectivity index (χ1v) is 8.25. The van der Waals surface area contributed by atoms with Crippen molar-refractivity contribution in [2.75, 3.05) is 46.2 Å². The van der Waals surface area contributed by atoms with Crippen LogP contribution >= 0.6 is 0 Å². The normalized spacial score (nSPS) is 11.7. The standard InChI is InChI=1S/C14H23N3O4S/c1-11-5-6-12(9-13(11)22(19,20)17(2)3)16-14(18)10-15-7-8-21-4/h5-6,9,15H,7-8,10H2,1-4H3,(H,16,18). The summed E-state index contributed by atoms with van der Waals surface area (Å²) in [6.07, 6.45) is 0. The number of carbonyl (C=O) groups excluding carboxylic acids is 1. The highest BCUT2D eigenvalue weighted by atomic mass is 32.2. The number of benzene rings is 1. The van der Waals surface area contributed by atoms with Crippen LogP contribution in [0.2, 0.25) is 0 Å². The highest BCUT2D eigenvalue weighted by Crippen LogP contribution is 2.22. The van der Waals surface area contributed by atoms with Crippen LogP contribution in [0.3, 0.4) is 0 Å². The summed E-state index contributed by atoms with van der Waals surface area (Å²) in [5.41, 5.74) is 1.08. The summed E-state index contributed by atoms with van der Waals surface area (Å²) in [4.78, 5) is 12.0. The fourth-order valence-corrected chi connectivity index (χ4v) is 2.88. The van der Waals surface area contributed by atoms with E-state index in [0.29, 0.717) is 24.4 Å². The van der Waals surface area contributed by atoms with Crippen molar-refractivity contribution >= 4 is 21.6 Å². The molecule has 0 saturated carbocycles. The third-order valence-corrected chi connectivity index (χ3v) is 4.96. The van der Waals surface area contributed by atoms with Gasteiger partial charge in [0, 0.05) is 33.4 Å². The molecule has 0 aliphatic heterocycles. The minimum absolute atomic E-state index is 0.132. The molecule has 0 aromatic heterocycles. The molecular weight excluding hydrogens is 306 g/mol. The number of ether oxygens (including phenoxy) is 1. The van der Waals surface area contributed by atoms with Gasteiger partial charge in [0.1, 0.15) is 0 Å². The zero-order chi connectivity index (χ0) is 16.8. The highest BCUT2D eigenvalue weighted by Gasteiger charge is 2.20. The Labute approximate surface area is 131 Å². The molecule has 2 N–H and O–H groups in total. The lowest BCUT2D eigenvalue weighted by molar-refractivity contribution is -0.115. The minimum atomic E-state index is -3.54. The van der Waals surface area contributed by atoms with Crippen molar-refractivity contribution in [2.45, 2.75) is 11.8 Å². The number of hydrogen-bond acceptors (Lipinski definition) is 5. The van der Waals surface area contributed by atoms with E-state index in [4.69, 9.17) is 4.74 Å². The van der Waals surface area contributed by atoms with Gasteiger partial charge in [-0.3, -0.25) is 4.79 Å². The Morgan fingerprint density at radius 3 is 2.59 bits per heavy atom. The molecule has 22 heavy (non-hydrogen) atoms. The van der Waals surface area contributed by atoms with E-state index in [-0.39, 0.29) is 17.3 Å². The van der Waals surface area contributed by atoms with Crippen molar-refractivity contribution in [1.82, 2.24) is 9.62 Å². The Bertz CT molecular complexity index is 615. The van der Waals surface area contributed by atoms with Gasteiger partial charge in [-0.15, -0.1) is 0 Å². The third kappa shape index (κ3) is 5.06. The largest absolute Gasteiger partial charge is 0.383 e. The molecule has 1 amide bonds. The zero-order valence-electron chi connectivity index (χ0n) is 13.3. The maximum atomic E-state index is 12.2. The maximum Gasteiger partial charge on any atom is 0.242 e. The Kier molecular flexibility index (Phi) is 6.95. The quantitative estimate of drug-likeness (QED) is 0.675. The van der Waals surface area contributed by atoms with E-state index in [1.165, 1.54) is 20.2 Å². The molecule has 0 spiro atoms. The Morgan fingerprint density at radius 1 is 1.32 bits per heavy atom. The SMILES string of the molecule is COCCNCC(=O)Nc1ccc(C)c(S(=O)(=O)N(C)C)c1. The summed E-state index contributed by atoms with van der Waals surface area (Å²) in [6.45, 7) is 2.93. The molecule has 8 heteroatoms. The summed E-state index contributed by atoms with van der Waals surface area (Å²) < 4.78 is 30.5. The van der Waals surface area contributed by atoms with Crippen LogP contribution in [0, 0.1) is 6.92 Å². The Hall–Kier alpha value is -1.48. The topological polar surface area (TPSA) is 87.7 Å². The van der Waals surface area contributed by atoms with Gasteiger partial charge in [-0.1, -0.05) is 6.07 Å². The second-order valence-corrected chi connectivity index (χ2v) is 7.11. The first kappa shape index (κ1) is 18.6. The van der Waals surface area contributed by atoms with Gasteiger partial charge in [0.25, 0.3) is 0 Å². The van der Waals surface area contributed by atoms with Crippen molar-refractivity contribution in [3.63, 3.8) is 0 Å². The molecule has 0 atom stereocenters. The van der Waals surface area contributed by atoms with Crippen LogP contribution in [0.1, 0.15) is 5.56 Å². The molecule has 124 valence electrons. The molecule has 1 rings (SSSR count). The van der Waals surface area contributed by atoms with Crippen LogP contribution in [-0.2, 0) is 19.6 Å². The molecule has 1 aromatic rings. The van der Waals surface area contributed by atoms with Crippen LogP contribution in [0.15, 0.2) is 23.1 Å². The fraction of sp³-hybridized carbons (Fsp3) is 0.500. The van der Waals surface area contributed by atoms with Crippen LogP contribution in [0.5, 0.6) is 0 Å². The molecule has 0 bridgehead atoms. The lowest BCUT2D eigenvalue weighted by atomic mass is 10.2. The number of aryl methyl sites for hydroxylation is 1. The maximum absolute atomic E-state index is 12.2. The van der Waals surface area contributed by atoms with Crippen molar-refractivity contribution in [3.05, 3.63) is 23.8 Å². The first-order valence-electron chi connectivity index (χ1n) is 6.81. The van der Waals surface area contributed by atoms with Crippen LogP contribution < -0.4 is 10.6 Å². The van der Waals surface area contributed by atoms with E-state index in [1.54, 1.807) is 26.2 Å². The predicted molar refractivity (Wildman–Crippen MR) is 85.4 cm³/mol. The van der Waals surface area contributed by atoms with Gasteiger partial charge in [-0.05, 0) is 24.6 Å². The zero-order valence-corrected chi connectivity index (χ0v) is 14.2. The van der Waals surface area contributed by atoms with E-state index in [9.17, 15) is 13.2 Å². The summed E-state index contributed by atoms with van der Waals surface area (Å²) in [7, 11) is 0.988. The molecule has 0 saturated heterocycles. The van der Waals surface area contributed by atoms with Gasteiger partial charge in [0.2, 0.25) is 15.9 Å². The van der Waals surface area contributed by atoms with Crippen LogP contribution in [-0.4, -0.2) is 59.5 Å². The van der Waals surface area contributed by atoms with Crippen LogP contribution in [0.4, 0.5) is 5.69 Å². The van der Waals surface area contributed by atoms with Gasteiger partial charge in [-0.2, -0.15) is 0 Å². The van der Waals surface area contributed by atoms with Gasteiger partial charge in [0.05, 0.1) is 18.0 Å². The lowest BCUT2D eigenvalue weighted by Gasteiger charge is -2.15. The number of carbonyl (C=O) groups is 1. The molecular formula is C14H23N3O4S. The molecule has 0 fully saturated rings. The third-order valence-electron chi connectivity index (χ3n) is 3.00. The molecule has 0 aliphatic rings. The van der Waals surface area contributed by atoms with Crippen molar-refractivity contribution in [2.24, 2.45) is 0 Å². The van der Waals surface area contributed by atoms with Gasteiger partial charge in [-0.25, -0.2) is 12.7 Å². The molecule has 0 heterocycles. The molecule has 0 aliphatic carbocycles. The summed E-state index contributed by atoms with van der Waals surface area (Å²) in [5, 5.41) is 5.59. The van der Waals surface area contributed by atoms with E-state index in [1.807, 2.05) is 0 Å². The highest BCUT2D eigenvalue weighted by molar-refractivity contribution is 7.89. The van der Waals surface area contributed by atoms with E-state index in [0.717, 1.165) is 4.31 Å².